The zero-order valence-corrected chi connectivity index (χ0v) is 22.1. The molecule has 190 valence electrons. The predicted octanol–water partition coefficient (Wildman–Crippen LogP) is 4.64. The molecule has 2 aliphatic rings. The zero-order chi connectivity index (χ0) is 25.0. The van der Waals surface area contributed by atoms with Crippen LogP contribution >= 0.6 is 0 Å². The van der Waals surface area contributed by atoms with Gasteiger partial charge in [-0.25, -0.2) is 8.93 Å². The average molecular weight is 499 g/mol. The van der Waals surface area contributed by atoms with Gasteiger partial charge >= 0.3 is 0 Å². The van der Waals surface area contributed by atoms with E-state index in [0.717, 1.165) is 50.0 Å². The van der Waals surface area contributed by atoms with Crippen molar-refractivity contribution >= 4 is 16.9 Å². The smallest absolute Gasteiger partial charge is 0.251 e. The SMILES string of the molecule is C[C@H](N[S@](=O)C(C)(C)C)c1ccc2c(c1)CC[C@H](NC(=O)c1ccc(OC[C@@H]3CCCO3)cc1)C2. The summed E-state index contributed by atoms with van der Waals surface area (Å²) < 4.78 is 26.8. The maximum Gasteiger partial charge on any atom is 0.251 e. The highest BCUT2D eigenvalue weighted by Crippen LogP contribution is 2.26. The number of ether oxygens (including phenoxy) is 2. The largest absolute Gasteiger partial charge is 0.491 e. The summed E-state index contributed by atoms with van der Waals surface area (Å²) in [5, 5.41) is 3.20. The Hall–Kier alpha value is -2.22. The van der Waals surface area contributed by atoms with Gasteiger partial charge in [0.25, 0.3) is 5.91 Å². The van der Waals surface area contributed by atoms with Crippen molar-refractivity contribution in [3.05, 3.63) is 64.7 Å². The van der Waals surface area contributed by atoms with E-state index in [0.29, 0.717) is 12.2 Å². The molecule has 0 bridgehead atoms. The number of hydrogen-bond acceptors (Lipinski definition) is 4. The molecular formula is C28H38N2O4S. The van der Waals surface area contributed by atoms with E-state index in [1.54, 1.807) is 0 Å². The van der Waals surface area contributed by atoms with Crippen LogP contribution in [0.15, 0.2) is 42.5 Å². The van der Waals surface area contributed by atoms with Gasteiger partial charge in [0.2, 0.25) is 0 Å². The Morgan fingerprint density at radius 1 is 1.14 bits per heavy atom. The topological polar surface area (TPSA) is 76.7 Å². The number of nitrogens with one attached hydrogen (secondary N) is 2. The molecule has 6 nitrogen and oxygen atoms in total. The van der Waals surface area contributed by atoms with Gasteiger partial charge in [-0.15, -0.1) is 0 Å². The molecule has 0 saturated carbocycles. The Bertz CT molecular complexity index is 1040. The van der Waals surface area contributed by atoms with Crippen LogP contribution in [0.1, 0.15) is 80.0 Å². The maximum absolute atomic E-state index is 12.8. The van der Waals surface area contributed by atoms with Crippen LogP contribution in [0.4, 0.5) is 0 Å². The Morgan fingerprint density at radius 2 is 1.91 bits per heavy atom. The van der Waals surface area contributed by atoms with E-state index in [1.165, 1.54) is 11.1 Å². The molecule has 2 aromatic rings. The Labute approximate surface area is 211 Å². The lowest BCUT2D eigenvalue weighted by molar-refractivity contribution is 0.0679. The lowest BCUT2D eigenvalue weighted by Crippen LogP contribution is -2.39. The summed E-state index contributed by atoms with van der Waals surface area (Å²) in [4.78, 5) is 12.8. The molecule has 4 rings (SSSR count). The molecule has 1 saturated heterocycles. The fourth-order valence-corrected chi connectivity index (χ4v) is 5.32. The van der Waals surface area contributed by atoms with Crippen LogP contribution in [-0.4, -0.2) is 40.2 Å². The monoisotopic (exact) mass is 498 g/mol. The van der Waals surface area contributed by atoms with Crippen molar-refractivity contribution < 1.29 is 18.5 Å². The van der Waals surface area contributed by atoms with Crippen molar-refractivity contribution in [2.45, 2.75) is 82.7 Å². The molecule has 0 unspecified atom stereocenters. The van der Waals surface area contributed by atoms with Gasteiger partial charge in [0.05, 0.1) is 21.8 Å². The minimum Gasteiger partial charge on any atom is -0.491 e. The second-order valence-corrected chi connectivity index (χ2v) is 12.6. The molecular weight excluding hydrogens is 460 g/mol. The number of rotatable bonds is 8. The molecule has 1 fully saturated rings. The Morgan fingerprint density at radius 3 is 2.60 bits per heavy atom. The Balaban J connectivity index is 1.29. The van der Waals surface area contributed by atoms with Crippen LogP contribution in [0, 0.1) is 0 Å². The molecule has 1 amide bonds. The van der Waals surface area contributed by atoms with E-state index in [1.807, 2.05) is 45.0 Å². The fraction of sp³-hybridized carbons (Fsp3) is 0.536. The molecule has 0 radical (unpaired) electrons. The highest BCUT2D eigenvalue weighted by atomic mass is 32.2. The van der Waals surface area contributed by atoms with E-state index >= 15 is 0 Å². The van der Waals surface area contributed by atoms with E-state index in [4.69, 9.17) is 9.47 Å². The van der Waals surface area contributed by atoms with Crippen LogP contribution in [-0.2, 0) is 28.6 Å². The van der Waals surface area contributed by atoms with Crippen LogP contribution in [0.5, 0.6) is 5.75 Å². The summed E-state index contributed by atoms with van der Waals surface area (Å²) in [6.45, 7) is 9.33. The molecule has 1 aliphatic heterocycles. The van der Waals surface area contributed by atoms with Gasteiger partial charge in [-0.3, -0.25) is 4.79 Å². The molecule has 0 spiro atoms. The van der Waals surface area contributed by atoms with E-state index in [9.17, 15) is 9.00 Å². The van der Waals surface area contributed by atoms with Gasteiger partial charge in [-0.1, -0.05) is 18.2 Å². The minimum absolute atomic E-state index is 0.00965. The van der Waals surface area contributed by atoms with Gasteiger partial charge in [0, 0.05) is 24.3 Å². The van der Waals surface area contributed by atoms with Gasteiger partial charge in [-0.2, -0.15) is 0 Å². The van der Waals surface area contributed by atoms with Crippen LogP contribution in [0.2, 0.25) is 0 Å². The third-order valence-electron chi connectivity index (χ3n) is 6.71. The zero-order valence-electron chi connectivity index (χ0n) is 21.3. The summed E-state index contributed by atoms with van der Waals surface area (Å²) in [5.41, 5.74) is 4.37. The van der Waals surface area contributed by atoms with Crippen LogP contribution in [0.25, 0.3) is 0 Å². The molecule has 2 N–H and O–H groups in total. The van der Waals surface area contributed by atoms with Crippen molar-refractivity contribution in [3.63, 3.8) is 0 Å². The second-order valence-electron chi connectivity index (χ2n) is 10.6. The number of aryl methyl sites for hydroxylation is 1. The first-order chi connectivity index (χ1) is 16.7. The second kappa shape index (κ2) is 11.2. The van der Waals surface area contributed by atoms with Crippen molar-refractivity contribution in [1.29, 1.82) is 0 Å². The number of benzene rings is 2. The highest BCUT2D eigenvalue weighted by Gasteiger charge is 2.24. The third-order valence-corrected chi connectivity index (χ3v) is 8.39. The van der Waals surface area contributed by atoms with Crippen LogP contribution in [0.3, 0.4) is 0 Å². The number of carbonyl (C=O) groups excluding carboxylic acids is 1. The molecule has 35 heavy (non-hydrogen) atoms. The highest BCUT2D eigenvalue weighted by molar-refractivity contribution is 7.84. The number of amides is 1. The van der Waals surface area contributed by atoms with Gasteiger partial charge in [0.1, 0.15) is 12.4 Å². The summed E-state index contributed by atoms with van der Waals surface area (Å²) in [6.07, 6.45) is 4.95. The summed E-state index contributed by atoms with van der Waals surface area (Å²) >= 11 is 0. The average Bonchev–Trinajstić information content (AvgIpc) is 3.36. The lowest BCUT2D eigenvalue weighted by Gasteiger charge is -2.27. The molecule has 2 aromatic carbocycles. The van der Waals surface area contributed by atoms with Crippen molar-refractivity contribution in [2.24, 2.45) is 0 Å². The predicted molar refractivity (Wildman–Crippen MR) is 140 cm³/mol. The summed E-state index contributed by atoms with van der Waals surface area (Å²) in [7, 11) is -1.12. The molecule has 0 aromatic heterocycles. The maximum atomic E-state index is 12.8. The van der Waals surface area contributed by atoms with E-state index in [2.05, 4.69) is 35.2 Å². The van der Waals surface area contributed by atoms with E-state index < -0.39 is 11.0 Å². The number of fused-ring (bicyclic) bond motifs is 1. The summed E-state index contributed by atoms with van der Waals surface area (Å²) in [6, 6.07) is 13.9. The first-order valence-corrected chi connectivity index (χ1v) is 13.8. The minimum atomic E-state index is -1.12. The summed E-state index contributed by atoms with van der Waals surface area (Å²) in [5.74, 6) is 0.706. The molecule has 1 aliphatic carbocycles. The number of hydrogen-bond donors (Lipinski definition) is 2. The normalized spacial score (nSPS) is 21.7. The van der Waals surface area contributed by atoms with Gasteiger partial charge in [0.15, 0.2) is 0 Å². The van der Waals surface area contributed by atoms with Gasteiger partial charge in [-0.05, 0) is 101 Å². The first-order valence-electron chi connectivity index (χ1n) is 12.6. The first kappa shape index (κ1) is 25.9. The van der Waals surface area contributed by atoms with E-state index in [-0.39, 0.29) is 28.8 Å². The van der Waals surface area contributed by atoms with Crippen LogP contribution < -0.4 is 14.8 Å². The molecule has 1 heterocycles. The standard InChI is InChI=1S/C28H38N2O4S/c1-19(30-35(32)28(2,3)4)21-7-8-23-17-24(12-9-22(23)16-21)29-27(31)20-10-13-25(14-11-20)34-18-26-6-5-15-33-26/h7-8,10-11,13-14,16,19,24,26,30H,5-6,9,12,15,17-18H2,1-4H3,(H,29,31)/t19-,24-,26-,35+/m0/s1. The lowest BCUT2D eigenvalue weighted by atomic mass is 9.86. The quantitative estimate of drug-likeness (QED) is 0.556. The molecule has 7 heteroatoms. The fourth-order valence-electron chi connectivity index (χ4n) is 4.51. The van der Waals surface area contributed by atoms with Crippen molar-refractivity contribution in [2.75, 3.05) is 13.2 Å². The Kier molecular flexibility index (Phi) is 8.30. The number of carbonyl (C=O) groups is 1. The molecule has 4 atom stereocenters. The van der Waals surface area contributed by atoms with Gasteiger partial charge < -0.3 is 14.8 Å². The third kappa shape index (κ3) is 6.93. The van der Waals surface area contributed by atoms with Crippen molar-refractivity contribution in [1.82, 2.24) is 10.0 Å². The van der Waals surface area contributed by atoms with Crippen molar-refractivity contribution in [3.8, 4) is 5.75 Å².